The number of nitrogens with one attached hydrogen (secondary N) is 1. The van der Waals surface area contributed by atoms with Crippen LogP contribution in [0.25, 0.3) is 0 Å². The predicted octanol–water partition coefficient (Wildman–Crippen LogP) is 1.94. The van der Waals surface area contributed by atoms with E-state index < -0.39 is 10.0 Å². The van der Waals surface area contributed by atoms with Gasteiger partial charge >= 0.3 is 0 Å². The van der Waals surface area contributed by atoms with Crippen molar-refractivity contribution in [3.05, 3.63) is 54.1 Å². The van der Waals surface area contributed by atoms with Crippen molar-refractivity contribution in [3.63, 3.8) is 0 Å². The van der Waals surface area contributed by atoms with Crippen molar-refractivity contribution >= 4 is 21.4 Å². The molecule has 2 aromatic rings. The maximum Gasteiger partial charge on any atom is 0.261 e. The van der Waals surface area contributed by atoms with Gasteiger partial charge in [-0.2, -0.15) is 5.26 Å². The van der Waals surface area contributed by atoms with Crippen LogP contribution >= 0.6 is 0 Å². The van der Waals surface area contributed by atoms with Gasteiger partial charge in [0.25, 0.3) is 10.0 Å². The van der Waals surface area contributed by atoms with E-state index in [4.69, 9.17) is 11.0 Å². The standard InChI is InChI=1S/C13H11N3O2S/c14-9-10-3-1-6-13(7-10)19(17,18)16-12-5-2-4-11(15)8-12/h1-8,16H,15H2. The third kappa shape index (κ3) is 3.03. The van der Waals surface area contributed by atoms with Crippen LogP contribution in [0.3, 0.4) is 0 Å². The summed E-state index contributed by atoms with van der Waals surface area (Å²) in [4.78, 5) is 0.0361. The number of nitrogen functional groups attached to an aromatic ring is 1. The highest BCUT2D eigenvalue weighted by Gasteiger charge is 2.14. The van der Waals surface area contributed by atoms with Crippen molar-refractivity contribution in [2.24, 2.45) is 0 Å². The molecule has 0 amide bonds. The smallest absolute Gasteiger partial charge is 0.261 e. The average molecular weight is 273 g/mol. The van der Waals surface area contributed by atoms with Gasteiger partial charge in [-0.15, -0.1) is 0 Å². The number of anilines is 2. The summed E-state index contributed by atoms with van der Waals surface area (Å²) in [5.41, 5.74) is 6.71. The monoisotopic (exact) mass is 273 g/mol. The molecule has 0 saturated heterocycles. The molecule has 0 aliphatic carbocycles. The Hall–Kier alpha value is -2.52. The van der Waals surface area contributed by atoms with Crippen LogP contribution in [0, 0.1) is 11.3 Å². The van der Waals surface area contributed by atoms with Crippen molar-refractivity contribution in [3.8, 4) is 6.07 Å². The molecule has 0 radical (unpaired) electrons. The first-order chi connectivity index (χ1) is 9.01. The van der Waals surface area contributed by atoms with Crippen LogP contribution in [-0.4, -0.2) is 8.42 Å². The van der Waals surface area contributed by atoms with Crippen LogP contribution in [0.2, 0.25) is 0 Å². The molecule has 0 unspecified atom stereocenters. The number of nitrogens with zero attached hydrogens (tertiary/aromatic N) is 1. The molecule has 0 aliphatic rings. The van der Waals surface area contributed by atoms with Gasteiger partial charge in [-0.1, -0.05) is 12.1 Å². The van der Waals surface area contributed by atoms with Crippen LogP contribution in [0.1, 0.15) is 5.56 Å². The molecular weight excluding hydrogens is 262 g/mol. The van der Waals surface area contributed by atoms with Crippen molar-refractivity contribution in [2.75, 3.05) is 10.5 Å². The second-order valence-electron chi connectivity index (χ2n) is 3.87. The Bertz CT molecular complexity index is 748. The Balaban J connectivity index is 2.35. The molecule has 96 valence electrons. The maximum atomic E-state index is 12.1. The van der Waals surface area contributed by atoms with Gasteiger partial charge in [0.1, 0.15) is 0 Å². The van der Waals surface area contributed by atoms with Crippen molar-refractivity contribution in [1.82, 2.24) is 0 Å². The molecule has 0 aromatic heterocycles. The lowest BCUT2D eigenvalue weighted by Gasteiger charge is -2.08. The third-order valence-corrected chi connectivity index (χ3v) is 3.79. The molecule has 6 heteroatoms. The Kier molecular flexibility index (Phi) is 3.40. The Labute approximate surface area is 111 Å². The lowest BCUT2D eigenvalue weighted by atomic mass is 10.2. The molecule has 3 N–H and O–H groups in total. The van der Waals surface area contributed by atoms with Crippen LogP contribution < -0.4 is 10.5 Å². The number of hydrogen-bond donors (Lipinski definition) is 2. The van der Waals surface area contributed by atoms with Gasteiger partial charge in [-0.25, -0.2) is 8.42 Å². The highest BCUT2D eigenvalue weighted by molar-refractivity contribution is 7.92. The largest absolute Gasteiger partial charge is 0.399 e. The van der Waals surface area contributed by atoms with Crippen LogP contribution in [-0.2, 0) is 10.0 Å². The molecule has 19 heavy (non-hydrogen) atoms. The minimum atomic E-state index is -3.72. The van der Waals surface area contributed by atoms with E-state index in [0.29, 0.717) is 11.4 Å². The second-order valence-corrected chi connectivity index (χ2v) is 5.55. The molecule has 0 aliphatic heterocycles. The van der Waals surface area contributed by atoms with E-state index in [1.54, 1.807) is 24.3 Å². The van der Waals surface area contributed by atoms with E-state index in [2.05, 4.69) is 4.72 Å². The van der Waals surface area contributed by atoms with E-state index in [9.17, 15) is 8.42 Å². The van der Waals surface area contributed by atoms with Gasteiger partial charge in [0.05, 0.1) is 22.2 Å². The number of hydrogen-bond acceptors (Lipinski definition) is 4. The fourth-order valence-electron chi connectivity index (χ4n) is 1.55. The van der Waals surface area contributed by atoms with Crippen LogP contribution in [0.5, 0.6) is 0 Å². The first-order valence-corrected chi connectivity index (χ1v) is 6.88. The number of rotatable bonds is 3. The lowest BCUT2D eigenvalue weighted by Crippen LogP contribution is -2.13. The van der Waals surface area contributed by atoms with E-state index in [1.165, 1.54) is 24.3 Å². The van der Waals surface area contributed by atoms with Gasteiger partial charge in [-0.3, -0.25) is 4.72 Å². The van der Waals surface area contributed by atoms with Crippen molar-refractivity contribution < 1.29 is 8.42 Å². The molecule has 5 nitrogen and oxygen atoms in total. The fraction of sp³-hybridized carbons (Fsp3) is 0. The summed E-state index contributed by atoms with van der Waals surface area (Å²) in [5, 5.41) is 8.77. The molecular formula is C13H11N3O2S. The summed E-state index contributed by atoms with van der Waals surface area (Å²) < 4.78 is 26.6. The zero-order valence-electron chi connectivity index (χ0n) is 9.87. The molecule has 0 fully saturated rings. The summed E-state index contributed by atoms with van der Waals surface area (Å²) in [6.07, 6.45) is 0. The highest BCUT2D eigenvalue weighted by atomic mass is 32.2. The average Bonchev–Trinajstić information content (AvgIpc) is 2.38. The quantitative estimate of drug-likeness (QED) is 0.835. The van der Waals surface area contributed by atoms with Gasteiger partial charge < -0.3 is 5.73 Å². The lowest BCUT2D eigenvalue weighted by molar-refractivity contribution is 0.601. The zero-order chi connectivity index (χ0) is 13.9. The molecule has 2 rings (SSSR count). The van der Waals surface area contributed by atoms with Crippen molar-refractivity contribution in [1.29, 1.82) is 5.26 Å². The summed E-state index contributed by atoms with van der Waals surface area (Å²) in [7, 11) is -3.72. The number of nitrogens with two attached hydrogens (primary N) is 1. The third-order valence-electron chi connectivity index (χ3n) is 2.41. The first-order valence-electron chi connectivity index (χ1n) is 5.40. The number of nitriles is 1. The summed E-state index contributed by atoms with van der Waals surface area (Å²) in [5.74, 6) is 0. The second kappa shape index (κ2) is 5.00. The topological polar surface area (TPSA) is 96.0 Å². The number of benzene rings is 2. The number of sulfonamides is 1. The van der Waals surface area contributed by atoms with E-state index >= 15 is 0 Å². The van der Waals surface area contributed by atoms with Crippen LogP contribution in [0.15, 0.2) is 53.4 Å². The fourth-order valence-corrected chi connectivity index (χ4v) is 2.64. The summed E-state index contributed by atoms with van der Waals surface area (Å²) in [6.45, 7) is 0. The van der Waals surface area contributed by atoms with Gasteiger partial charge in [-0.05, 0) is 36.4 Å². The van der Waals surface area contributed by atoms with E-state index in [0.717, 1.165) is 0 Å². The van der Waals surface area contributed by atoms with Gasteiger partial charge in [0.15, 0.2) is 0 Å². The molecule has 0 spiro atoms. The minimum absolute atomic E-state index is 0.0361. The SMILES string of the molecule is N#Cc1cccc(S(=O)(=O)Nc2cccc(N)c2)c1. The molecule has 2 aromatic carbocycles. The Morgan fingerprint density at radius 2 is 1.84 bits per heavy atom. The first kappa shape index (κ1) is 12.9. The maximum absolute atomic E-state index is 12.1. The highest BCUT2D eigenvalue weighted by Crippen LogP contribution is 2.18. The summed E-state index contributed by atoms with van der Waals surface area (Å²) in [6, 6.07) is 14.1. The zero-order valence-corrected chi connectivity index (χ0v) is 10.7. The van der Waals surface area contributed by atoms with Crippen molar-refractivity contribution in [2.45, 2.75) is 4.90 Å². The van der Waals surface area contributed by atoms with E-state index in [1.807, 2.05) is 6.07 Å². The molecule has 0 bridgehead atoms. The molecule has 0 saturated carbocycles. The Morgan fingerprint density at radius 3 is 2.53 bits per heavy atom. The van der Waals surface area contributed by atoms with Gasteiger partial charge in [0, 0.05) is 5.69 Å². The minimum Gasteiger partial charge on any atom is -0.399 e. The van der Waals surface area contributed by atoms with E-state index in [-0.39, 0.29) is 10.5 Å². The molecule has 0 heterocycles. The normalized spacial score (nSPS) is 10.7. The van der Waals surface area contributed by atoms with Crippen LogP contribution in [0.4, 0.5) is 11.4 Å². The summed E-state index contributed by atoms with van der Waals surface area (Å²) >= 11 is 0. The van der Waals surface area contributed by atoms with Gasteiger partial charge in [0.2, 0.25) is 0 Å². The Morgan fingerprint density at radius 1 is 1.11 bits per heavy atom. The predicted molar refractivity (Wildman–Crippen MR) is 72.8 cm³/mol. The molecule has 0 atom stereocenters.